The molecule has 0 saturated carbocycles. The minimum absolute atomic E-state index is 0.268. The van der Waals surface area contributed by atoms with Gasteiger partial charge >= 0.3 is 6.03 Å². The number of hydrogen-bond acceptors (Lipinski definition) is 2. The number of benzene rings is 1. The number of aromatic nitrogens is 1. The molecule has 0 spiro atoms. The molecule has 104 valence electrons. The Morgan fingerprint density at radius 1 is 1.20 bits per heavy atom. The van der Waals surface area contributed by atoms with Crippen molar-refractivity contribution in [2.24, 2.45) is 0 Å². The Morgan fingerprint density at radius 2 is 2.00 bits per heavy atom. The largest absolute Gasteiger partial charge is 0.337 e. The number of aryl methyl sites for hydroxylation is 1. The Hall–Kier alpha value is -2.07. The van der Waals surface area contributed by atoms with Crippen molar-refractivity contribution >= 4 is 23.4 Å². The molecule has 0 aliphatic carbocycles. The quantitative estimate of drug-likeness (QED) is 0.906. The van der Waals surface area contributed by atoms with E-state index >= 15 is 0 Å². The fourth-order valence-corrected chi connectivity index (χ4v) is 2.02. The van der Waals surface area contributed by atoms with Gasteiger partial charge in [0.15, 0.2) is 0 Å². The predicted octanol–water partition coefficient (Wildman–Crippen LogP) is 3.41. The van der Waals surface area contributed by atoms with Crippen LogP contribution in [-0.4, -0.2) is 17.6 Å². The molecule has 0 atom stereocenters. The summed E-state index contributed by atoms with van der Waals surface area (Å²) in [6.45, 7) is 2.39. The third kappa shape index (κ3) is 4.24. The van der Waals surface area contributed by atoms with Crippen LogP contribution in [0.5, 0.6) is 0 Å². The monoisotopic (exact) mass is 289 g/mol. The minimum atomic E-state index is -0.268. The van der Waals surface area contributed by atoms with Gasteiger partial charge in [0.2, 0.25) is 0 Å². The van der Waals surface area contributed by atoms with Crippen molar-refractivity contribution in [3.05, 3.63) is 58.7 Å². The smallest absolute Gasteiger partial charge is 0.320 e. The number of urea groups is 1. The molecular weight excluding hydrogens is 274 g/mol. The first-order chi connectivity index (χ1) is 9.65. The zero-order valence-corrected chi connectivity index (χ0v) is 11.9. The van der Waals surface area contributed by atoms with Crippen LogP contribution in [0.2, 0.25) is 5.02 Å². The van der Waals surface area contributed by atoms with Crippen molar-refractivity contribution in [2.75, 3.05) is 11.9 Å². The molecule has 1 heterocycles. The van der Waals surface area contributed by atoms with Crippen LogP contribution in [0.4, 0.5) is 10.6 Å². The maximum atomic E-state index is 11.7. The van der Waals surface area contributed by atoms with Gasteiger partial charge in [-0.15, -0.1) is 0 Å². The molecule has 0 aliphatic heterocycles. The van der Waals surface area contributed by atoms with Gasteiger partial charge in [-0.1, -0.05) is 35.9 Å². The highest BCUT2D eigenvalue weighted by Gasteiger charge is 2.03. The van der Waals surface area contributed by atoms with Gasteiger partial charge in [-0.25, -0.2) is 9.78 Å². The number of carbonyl (C=O) groups is 1. The van der Waals surface area contributed by atoms with E-state index in [1.165, 1.54) is 0 Å². The molecule has 0 fully saturated rings. The van der Waals surface area contributed by atoms with Crippen LogP contribution in [0.1, 0.15) is 11.3 Å². The highest BCUT2D eigenvalue weighted by molar-refractivity contribution is 6.31. The minimum Gasteiger partial charge on any atom is -0.337 e. The van der Waals surface area contributed by atoms with Gasteiger partial charge in [-0.05, 0) is 37.1 Å². The van der Waals surface area contributed by atoms with E-state index in [0.29, 0.717) is 18.8 Å². The lowest BCUT2D eigenvalue weighted by atomic mass is 10.1. The van der Waals surface area contributed by atoms with Crippen LogP contribution in [0.15, 0.2) is 42.5 Å². The third-order valence-electron chi connectivity index (χ3n) is 2.77. The van der Waals surface area contributed by atoms with Crippen LogP contribution in [-0.2, 0) is 6.42 Å². The molecule has 0 bridgehead atoms. The van der Waals surface area contributed by atoms with E-state index < -0.39 is 0 Å². The summed E-state index contributed by atoms with van der Waals surface area (Å²) in [5.74, 6) is 0.542. The SMILES string of the molecule is Cc1cccc(NC(=O)NCCc2ccccc2Cl)n1. The summed E-state index contributed by atoms with van der Waals surface area (Å²) in [6, 6.07) is 12.8. The molecule has 4 nitrogen and oxygen atoms in total. The van der Waals surface area contributed by atoms with Crippen molar-refractivity contribution in [1.29, 1.82) is 0 Å². The number of nitrogens with one attached hydrogen (secondary N) is 2. The van der Waals surface area contributed by atoms with E-state index in [9.17, 15) is 4.79 Å². The molecule has 20 heavy (non-hydrogen) atoms. The van der Waals surface area contributed by atoms with Gasteiger partial charge < -0.3 is 5.32 Å². The zero-order valence-electron chi connectivity index (χ0n) is 11.2. The molecule has 2 rings (SSSR count). The summed E-state index contributed by atoms with van der Waals surface area (Å²) >= 11 is 6.05. The molecular formula is C15H16ClN3O. The fourth-order valence-electron chi connectivity index (χ4n) is 1.79. The number of rotatable bonds is 4. The standard InChI is InChI=1S/C15H16ClN3O/c1-11-5-4-8-14(18-11)19-15(20)17-10-9-12-6-2-3-7-13(12)16/h2-8H,9-10H2,1H3,(H2,17,18,19,20). The highest BCUT2D eigenvalue weighted by atomic mass is 35.5. The Labute approximate surface area is 123 Å². The molecule has 5 heteroatoms. The van der Waals surface area contributed by atoms with E-state index in [0.717, 1.165) is 16.3 Å². The second kappa shape index (κ2) is 6.91. The maximum Gasteiger partial charge on any atom is 0.320 e. The molecule has 2 N–H and O–H groups in total. The highest BCUT2D eigenvalue weighted by Crippen LogP contribution is 2.14. The van der Waals surface area contributed by atoms with Crippen molar-refractivity contribution in [2.45, 2.75) is 13.3 Å². The van der Waals surface area contributed by atoms with Gasteiger partial charge in [0.05, 0.1) is 0 Å². The fraction of sp³-hybridized carbons (Fsp3) is 0.200. The molecule has 0 radical (unpaired) electrons. The molecule has 2 aromatic rings. The lowest BCUT2D eigenvalue weighted by Gasteiger charge is -2.08. The first kappa shape index (κ1) is 14.3. The number of pyridine rings is 1. The zero-order chi connectivity index (χ0) is 14.4. The number of amides is 2. The molecule has 0 aliphatic rings. The normalized spacial score (nSPS) is 10.1. The van der Waals surface area contributed by atoms with Crippen LogP contribution >= 0.6 is 11.6 Å². The Bertz CT molecular complexity index is 601. The average molecular weight is 290 g/mol. The summed E-state index contributed by atoms with van der Waals surface area (Å²) < 4.78 is 0. The van der Waals surface area contributed by atoms with E-state index in [1.807, 2.05) is 43.3 Å². The van der Waals surface area contributed by atoms with Crippen LogP contribution < -0.4 is 10.6 Å². The molecule has 2 amide bonds. The van der Waals surface area contributed by atoms with Gasteiger partial charge in [-0.2, -0.15) is 0 Å². The second-order valence-corrected chi connectivity index (χ2v) is 4.79. The Morgan fingerprint density at radius 3 is 2.75 bits per heavy atom. The first-order valence-corrected chi connectivity index (χ1v) is 6.75. The van der Waals surface area contributed by atoms with Crippen LogP contribution in [0, 0.1) is 6.92 Å². The van der Waals surface area contributed by atoms with Crippen LogP contribution in [0.25, 0.3) is 0 Å². The summed E-state index contributed by atoms with van der Waals surface area (Å²) in [6.07, 6.45) is 0.689. The Kier molecular flexibility index (Phi) is 4.96. The molecule has 1 aromatic heterocycles. The number of anilines is 1. The Balaban J connectivity index is 1.80. The average Bonchev–Trinajstić information content (AvgIpc) is 2.41. The second-order valence-electron chi connectivity index (χ2n) is 4.39. The van der Waals surface area contributed by atoms with Crippen molar-refractivity contribution in [1.82, 2.24) is 10.3 Å². The number of hydrogen-bond donors (Lipinski definition) is 2. The third-order valence-corrected chi connectivity index (χ3v) is 3.14. The lowest BCUT2D eigenvalue weighted by Crippen LogP contribution is -2.30. The van der Waals surface area contributed by atoms with Gasteiger partial charge in [0.1, 0.15) is 5.82 Å². The summed E-state index contributed by atoms with van der Waals surface area (Å²) in [5, 5.41) is 6.18. The van der Waals surface area contributed by atoms with Crippen molar-refractivity contribution in [3.63, 3.8) is 0 Å². The maximum absolute atomic E-state index is 11.7. The van der Waals surface area contributed by atoms with E-state index in [2.05, 4.69) is 15.6 Å². The molecule has 0 saturated heterocycles. The summed E-state index contributed by atoms with van der Waals surface area (Å²) in [4.78, 5) is 15.9. The van der Waals surface area contributed by atoms with E-state index in [1.54, 1.807) is 6.07 Å². The van der Waals surface area contributed by atoms with Crippen LogP contribution in [0.3, 0.4) is 0 Å². The first-order valence-electron chi connectivity index (χ1n) is 6.37. The van der Waals surface area contributed by atoms with E-state index in [-0.39, 0.29) is 6.03 Å². The number of nitrogens with zero attached hydrogens (tertiary/aromatic N) is 1. The number of halogens is 1. The van der Waals surface area contributed by atoms with Gasteiger partial charge in [-0.3, -0.25) is 5.32 Å². The van der Waals surface area contributed by atoms with Gasteiger partial charge in [0.25, 0.3) is 0 Å². The van der Waals surface area contributed by atoms with Crippen molar-refractivity contribution in [3.8, 4) is 0 Å². The van der Waals surface area contributed by atoms with Crippen molar-refractivity contribution < 1.29 is 4.79 Å². The van der Waals surface area contributed by atoms with Gasteiger partial charge in [0, 0.05) is 17.3 Å². The molecule has 1 aromatic carbocycles. The topological polar surface area (TPSA) is 54.0 Å². The number of carbonyl (C=O) groups excluding carboxylic acids is 1. The predicted molar refractivity (Wildman–Crippen MR) is 81.2 cm³/mol. The molecule has 0 unspecified atom stereocenters. The van der Waals surface area contributed by atoms with E-state index in [4.69, 9.17) is 11.6 Å². The lowest BCUT2D eigenvalue weighted by molar-refractivity contribution is 0.252. The summed E-state index contributed by atoms with van der Waals surface area (Å²) in [7, 11) is 0. The summed E-state index contributed by atoms with van der Waals surface area (Å²) in [5.41, 5.74) is 1.88.